The summed E-state index contributed by atoms with van der Waals surface area (Å²) in [7, 11) is 1.27. The lowest BCUT2D eigenvalue weighted by molar-refractivity contribution is -0.142. The van der Waals surface area contributed by atoms with Gasteiger partial charge in [-0.1, -0.05) is 17.7 Å². The second kappa shape index (κ2) is 11.4. The highest BCUT2D eigenvalue weighted by Crippen LogP contribution is 2.31. The Morgan fingerprint density at radius 1 is 0.941 bits per heavy atom. The third-order valence-electron chi connectivity index (χ3n) is 4.48. The minimum absolute atomic E-state index is 0.0514. The van der Waals surface area contributed by atoms with Gasteiger partial charge in [-0.05, 0) is 60.2 Å². The summed E-state index contributed by atoms with van der Waals surface area (Å²) in [6, 6.07) is 19.9. The van der Waals surface area contributed by atoms with Crippen LogP contribution in [0.3, 0.4) is 0 Å². The zero-order valence-corrected chi connectivity index (χ0v) is 18.8. The van der Waals surface area contributed by atoms with E-state index >= 15 is 0 Å². The standard InChI is InChI=1S/C25H18ClN3O5/c1-32-25(31)15-33-20-5-3-19(4-6-20)29-24(30)12-16-2-7-22(26)23(11-16)34-21-9-17(13-27)8-18(10-21)14-28/h2-11H,12,15H2,1H3,(H,29,30). The van der Waals surface area contributed by atoms with E-state index in [2.05, 4.69) is 10.1 Å². The van der Waals surface area contributed by atoms with Gasteiger partial charge in [0.2, 0.25) is 5.91 Å². The smallest absolute Gasteiger partial charge is 0.343 e. The molecule has 0 aromatic heterocycles. The number of ether oxygens (including phenoxy) is 3. The summed E-state index contributed by atoms with van der Waals surface area (Å²) < 4.78 is 15.6. The largest absolute Gasteiger partial charge is 0.482 e. The Bertz CT molecular complexity index is 1260. The summed E-state index contributed by atoms with van der Waals surface area (Å²) in [5, 5.41) is 21.3. The van der Waals surface area contributed by atoms with Crippen molar-refractivity contribution in [2.24, 2.45) is 0 Å². The third-order valence-corrected chi connectivity index (χ3v) is 4.79. The molecule has 34 heavy (non-hydrogen) atoms. The van der Waals surface area contributed by atoms with Crippen molar-refractivity contribution in [1.29, 1.82) is 10.5 Å². The normalized spacial score (nSPS) is 9.88. The van der Waals surface area contributed by atoms with Crippen LogP contribution in [-0.4, -0.2) is 25.6 Å². The highest BCUT2D eigenvalue weighted by molar-refractivity contribution is 6.32. The van der Waals surface area contributed by atoms with Crippen LogP contribution >= 0.6 is 11.6 Å². The first kappa shape index (κ1) is 24.1. The number of halogens is 1. The number of hydrogen-bond acceptors (Lipinski definition) is 7. The number of hydrogen-bond donors (Lipinski definition) is 1. The van der Waals surface area contributed by atoms with Gasteiger partial charge in [-0.3, -0.25) is 4.79 Å². The predicted molar refractivity (Wildman–Crippen MR) is 124 cm³/mol. The van der Waals surface area contributed by atoms with E-state index in [0.29, 0.717) is 22.0 Å². The zero-order valence-electron chi connectivity index (χ0n) is 18.0. The highest BCUT2D eigenvalue weighted by Gasteiger charge is 2.11. The molecule has 9 heteroatoms. The van der Waals surface area contributed by atoms with Gasteiger partial charge < -0.3 is 19.5 Å². The predicted octanol–water partition coefficient (Wildman–Crippen LogP) is 4.61. The molecule has 3 rings (SSSR count). The zero-order chi connectivity index (χ0) is 24.5. The van der Waals surface area contributed by atoms with Crippen LogP contribution in [0.25, 0.3) is 0 Å². The topological polar surface area (TPSA) is 121 Å². The summed E-state index contributed by atoms with van der Waals surface area (Å²) in [5.41, 5.74) is 1.76. The summed E-state index contributed by atoms with van der Waals surface area (Å²) in [5.74, 6) is 0.274. The molecule has 0 radical (unpaired) electrons. The van der Waals surface area contributed by atoms with E-state index in [1.54, 1.807) is 42.5 Å². The van der Waals surface area contributed by atoms with Crippen LogP contribution in [0.2, 0.25) is 5.02 Å². The second-order valence-corrected chi connectivity index (χ2v) is 7.36. The van der Waals surface area contributed by atoms with Crippen molar-refractivity contribution < 1.29 is 23.8 Å². The molecule has 3 aromatic rings. The van der Waals surface area contributed by atoms with E-state index in [1.807, 2.05) is 12.1 Å². The van der Waals surface area contributed by atoms with Crippen molar-refractivity contribution in [2.75, 3.05) is 19.0 Å². The van der Waals surface area contributed by atoms with Gasteiger partial charge in [0.1, 0.15) is 17.2 Å². The number of nitriles is 2. The number of carbonyl (C=O) groups excluding carboxylic acids is 2. The Hall–Kier alpha value is -4.53. The van der Waals surface area contributed by atoms with E-state index in [9.17, 15) is 9.59 Å². The van der Waals surface area contributed by atoms with Crippen molar-refractivity contribution in [2.45, 2.75) is 6.42 Å². The summed E-state index contributed by atoms with van der Waals surface area (Å²) in [6.07, 6.45) is 0.0514. The molecule has 0 heterocycles. The third kappa shape index (κ3) is 6.73. The maximum Gasteiger partial charge on any atom is 0.343 e. The lowest BCUT2D eigenvalue weighted by Crippen LogP contribution is -2.14. The number of carbonyl (C=O) groups is 2. The lowest BCUT2D eigenvalue weighted by atomic mass is 10.1. The van der Waals surface area contributed by atoms with Crippen molar-refractivity contribution in [3.8, 4) is 29.4 Å². The summed E-state index contributed by atoms with van der Waals surface area (Å²) in [6.45, 7) is -0.207. The Labute approximate surface area is 200 Å². The van der Waals surface area contributed by atoms with Crippen LogP contribution in [-0.2, 0) is 20.7 Å². The summed E-state index contributed by atoms with van der Waals surface area (Å²) >= 11 is 6.23. The fourth-order valence-electron chi connectivity index (χ4n) is 2.88. The van der Waals surface area contributed by atoms with Crippen molar-refractivity contribution in [1.82, 2.24) is 0 Å². The van der Waals surface area contributed by atoms with Crippen LogP contribution in [0.4, 0.5) is 5.69 Å². The number of rotatable bonds is 8. The molecule has 0 bridgehead atoms. The molecule has 0 spiro atoms. The van der Waals surface area contributed by atoms with E-state index < -0.39 is 5.97 Å². The number of anilines is 1. The molecule has 0 unspecified atom stereocenters. The molecule has 170 valence electrons. The number of amides is 1. The van der Waals surface area contributed by atoms with Crippen LogP contribution in [0, 0.1) is 22.7 Å². The minimum atomic E-state index is -0.494. The monoisotopic (exact) mass is 475 g/mol. The molecule has 0 aliphatic rings. The molecule has 1 N–H and O–H groups in total. The van der Waals surface area contributed by atoms with E-state index in [0.717, 1.165) is 0 Å². The van der Waals surface area contributed by atoms with Crippen LogP contribution in [0.1, 0.15) is 16.7 Å². The number of nitrogens with zero attached hydrogens (tertiary/aromatic N) is 2. The maximum absolute atomic E-state index is 12.5. The van der Waals surface area contributed by atoms with Crippen LogP contribution in [0.15, 0.2) is 60.7 Å². The highest BCUT2D eigenvalue weighted by atomic mass is 35.5. The van der Waals surface area contributed by atoms with Crippen molar-refractivity contribution in [3.05, 3.63) is 82.4 Å². The van der Waals surface area contributed by atoms with Crippen LogP contribution < -0.4 is 14.8 Å². The quantitative estimate of drug-likeness (QED) is 0.472. The van der Waals surface area contributed by atoms with Gasteiger partial charge >= 0.3 is 5.97 Å². The molecular weight excluding hydrogens is 458 g/mol. The van der Waals surface area contributed by atoms with Gasteiger partial charge in [0.05, 0.1) is 41.8 Å². The number of nitrogens with one attached hydrogen (secondary N) is 1. The molecular formula is C25H18ClN3O5. The van der Waals surface area contributed by atoms with Gasteiger partial charge in [0.25, 0.3) is 0 Å². The molecule has 0 saturated carbocycles. The first-order valence-corrected chi connectivity index (χ1v) is 10.3. The van der Waals surface area contributed by atoms with Crippen molar-refractivity contribution >= 4 is 29.2 Å². The number of esters is 1. The minimum Gasteiger partial charge on any atom is -0.482 e. The van der Waals surface area contributed by atoms with Gasteiger partial charge in [0, 0.05) is 5.69 Å². The molecule has 0 aliphatic carbocycles. The molecule has 0 atom stereocenters. The lowest BCUT2D eigenvalue weighted by Gasteiger charge is -2.11. The maximum atomic E-state index is 12.5. The van der Waals surface area contributed by atoms with Gasteiger partial charge in [-0.25, -0.2) is 4.79 Å². The van der Waals surface area contributed by atoms with E-state index in [4.69, 9.17) is 31.6 Å². The van der Waals surface area contributed by atoms with Gasteiger partial charge in [-0.2, -0.15) is 10.5 Å². The Morgan fingerprint density at radius 3 is 2.24 bits per heavy atom. The Morgan fingerprint density at radius 2 is 1.62 bits per heavy atom. The fourth-order valence-corrected chi connectivity index (χ4v) is 3.03. The number of benzene rings is 3. The molecule has 0 saturated heterocycles. The SMILES string of the molecule is COC(=O)COc1ccc(NC(=O)Cc2ccc(Cl)c(Oc3cc(C#N)cc(C#N)c3)c2)cc1. The Kier molecular flexibility index (Phi) is 8.07. The molecule has 1 amide bonds. The first-order chi connectivity index (χ1) is 16.4. The molecule has 8 nitrogen and oxygen atoms in total. The Balaban J connectivity index is 1.65. The van der Waals surface area contributed by atoms with Gasteiger partial charge in [0.15, 0.2) is 6.61 Å². The number of methoxy groups -OCH3 is 1. The van der Waals surface area contributed by atoms with Gasteiger partial charge in [-0.15, -0.1) is 0 Å². The van der Waals surface area contributed by atoms with E-state index in [1.165, 1.54) is 25.3 Å². The second-order valence-electron chi connectivity index (χ2n) is 6.95. The van der Waals surface area contributed by atoms with Crippen molar-refractivity contribution in [3.63, 3.8) is 0 Å². The average molecular weight is 476 g/mol. The summed E-state index contributed by atoms with van der Waals surface area (Å²) in [4.78, 5) is 23.6. The average Bonchev–Trinajstić information content (AvgIpc) is 2.85. The molecule has 0 aliphatic heterocycles. The first-order valence-electron chi connectivity index (χ1n) is 9.91. The van der Waals surface area contributed by atoms with E-state index in [-0.39, 0.29) is 41.6 Å². The molecule has 3 aromatic carbocycles. The fraction of sp³-hybridized carbons (Fsp3) is 0.120. The molecule has 0 fully saturated rings. The van der Waals surface area contributed by atoms with Crippen LogP contribution in [0.5, 0.6) is 17.2 Å².